The molecule has 69 heavy (non-hydrogen) atoms. The first-order valence-corrected chi connectivity index (χ1v) is 25.9. The molecule has 0 aromatic carbocycles. The minimum atomic E-state index is -4.99. The summed E-state index contributed by atoms with van der Waals surface area (Å²) in [6, 6.07) is 1.47. The third-order valence-corrected chi connectivity index (χ3v) is 15.6. The predicted molar refractivity (Wildman–Crippen MR) is 267 cm³/mol. The molecule has 16 nitrogen and oxygen atoms in total. The van der Waals surface area contributed by atoms with E-state index in [1.54, 1.807) is 25.1 Å². The van der Waals surface area contributed by atoms with Gasteiger partial charge in [-0.2, -0.15) is 5.26 Å². The summed E-state index contributed by atoms with van der Waals surface area (Å²) in [4.78, 5) is 39.4. The Morgan fingerprint density at radius 3 is 2.36 bits per heavy atom. The van der Waals surface area contributed by atoms with Gasteiger partial charge in [0.25, 0.3) is 5.91 Å². The number of aromatic nitrogens is 1. The molecule has 1 spiro atoms. The normalized spacial score (nSPS) is 27.8. The fourth-order valence-corrected chi connectivity index (χ4v) is 10.2. The van der Waals surface area contributed by atoms with Crippen LogP contribution in [0.2, 0.25) is 0 Å². The van der Waals surface area contributed by atoms with Crippen LogP contribution >= 0.6 is 7.82 Å². The molecule has 1 aromatic rings. The predicted octanol–water partition coefficient (Wildman–Crippen LogP) is 7.86. The molecule has 2 aliphatic heterocycles. The summed E-state index contributed by atoms with van der Waals surface area (Å²) in [7, 11) is -0.0505. The minimum absolute atomic E-state index is 0.0899. The van der Waals surface area contributed by atoms with Crippen molar-refractivity contribution in [3.63, 3.8) is 0 Å². The number of nitrogens with one attached hydrogen (secondary N) is 1. The average Bonchev–Trinajstić information content (AvgIpc) is 3.82. The van der Waals surface area contributed by atoms with Gasteiger partial charge in [0, 0.05) is 43.4 Å². The fraction of sp³-hybridized carbons (Fsp3) is 0.712. The van der Waals surface area contributed by atoms with Crippen molar-refractivity contribution < 1.29 is 57.6 Å². The molecule has 17 heteroatoms. The minimum Gasteiger partial charge on any atom is -0.448 e. The summed E-state index contributed by atoms with van der Waals surface area (Å²) in [5.74, 6) is -1.28. The van der Waals surface area contributed by atoms with Crippen molar-refractivity contribution >= 4 is 19.8 Å². The number of amides is 1. The Kier molecular flexibility index (Phi) is 23.0. The molecule has 0 saturated carbocycles. The second kappa shape index (κ2) is 26.4. The number of phosphoric acid groups is 1. The van der Waals surface area contributed by atoms with Crippen molar-refractivity contribution in [1.82, 2.24) is 15.2 Å². The van der Waals surface area contributed by atoms with E-state index >= 15 is 0 Å². The van der Waals surface area contributed by atoms with Crippen molar-refractivity contribution in [1.29, 1.82) is 5.26 Å². The van der Waals surface area contributed by atoms with Gasteiger partial charge >= 0.3 is 7.82 Å². The number of aliphatic hydroxyl groups is 3. The number of nitriles is 1. The summed E-state index contributed by atoms with van der Waals surface area (Å²) < 4.78 is 42.9. The van der Waals surface area contributed by atoms with Gasteiger partial charge in [-0.25, -0.2) is 9.55 Å². The van der Waals surface area contributed by atoms with Crippen LogP contribution < -0.4 is 5.32 Å². The second-order valence-electron chi connectivity index (χ2n) is 20.9. The largest absolute Gasteiger partial charge is 0.469 e. The lowest BCUT2D eigenvalue weighted by molar-refractivity contribution is -0.332. The first-order valence-electron chi connectivity index (χ1n) is 24.4. The van der Waals surface area contributed by atoms with E-state index in [1.165, 1.54) is 25.0 Å². The number of hydrogen-bond donors (Lipinski definition) is 6. The number of rotatable bonds is 25. The molecule has 3 heterocycles. The van der Waals surface area contributed by atoms with Crippen LogP contribution in [-0.2, 0) is 28.1 Å². The second-order valence-corrected chi connectivity index (χ2v) is 22.0. The maximum absolute atomic E-state index is 12.6. The van der Waals surface area contributed by atoms with Crippen LogP contribution in [0.25, 0.3) is 6.08 Å². The van der Waals surface area contributed by atoms with Crippen LogP contribution in [0.3, 0.4) is 0 Å². The molecule has 2 saturated heterocycles. The van der Waals surface area contributed by atoms with Crippen molar-refractivity contribution in [3.05, 3.63) is 71.0 Å². The molecule has 1 amide bonds. The highest BCUT2D eigenvalue weighted by atomic mass is 31.2. The van der Waals surface area contributed by atoms with E-state index in [9.17, 15) is 34.5 Å². The number of hydrogen-bond acceptors (Lipinski definition) is 13. The van der Waals surface area contributed by atoms with Gasteiger partial charge in [-0.1, -0.05) is 98.3 Å². The topological polar surface area (TPSA) is 237 Å². The zero-order valence-electron chi connectivity index (χ0n) is 43.8. The lowest BCUT2D eigenvalue weighted by Crippen LogP contribution is -2.58. The summed E-state index contributed by atoms with van der Waals surface area (Å²) in [5, 5.41) is 44.2. The summed E-state index contributed by atoms with van der Waals surface area (Å²) in [5.41, 5.74) is 2.67. The molecule has 0 radical (unpaired) electrons. The maximum atomic E-state index is 12.6. The number of methoxy groups -OCH3 is 1. The van der Waals surface area contributed by atoms with Gasteiger partial charge in [-0.3, -0.25) is 9.32 Å². The Morgan fingerprint density at radius 2 is 1.75 bits per heavy atom. The molecule has 0 bridgehead atoms. The lowest BCUT2D eigenvalue weighted by atomic mass is 9.71. The van der Waals surface area contributed by atoms with Gasteiger partial charge in [-0.15, -0.1) is 0 Å². The number of oxazole rings is 1. The van der Waals surface area contributed by atoms with Crippen LogP contribution in [0.15, 0.2) is 63.9 Å². The molecule has 15 unspecified atom stereocenters. The molecule has 1 aromatic heterocycles. The number of likely N-dealkylation sites (N-methyl/N-ethyl adjacent to an activating group) is 1. The number of phosphoric ester groups is 1. The molecular formula is C52H85N4O12P. The Hall–Kier alpha value is -3.30. The molecule has 390 valence electrons. The van der Waals surface area contributed by atoms with E-state index in [4.69, 9.17) is 28.4 Å². The smallest absolute Gasteiger partial charge is 0.448 e. The number of nitrogens with zero attached hydrogens (tertiary/aromatic N) is 3. The Bertz CT molecular complexity index is 2050. The van der Waals surface area contributed by atoms with Gasteiger partial charge in [0.05, 0.1) is 37.0 Å². The van der Waals surface area contributed by atoms with Crippen LogP contribution in [0.1, 0.15) is 126 Å². The first-order chi connectivity index (χ1) is 32.1. The quantitative estimate of drug-likeness (QED) is 0.0311. The summed E-state index contributed by atoms with van der Waals surface area (Å²) >= 11 is 0. The van der Waals surface area contributed by atoms with Crippen molar-refractivity contribution in [2.24, 2.45) is 40.9 Å². The molecule has 15 atom stereocenters. The highest BCUT2D eigenvalue weighted by molar-refractivity contribution is 7.46. The van der Waals surface area contributed by atoms with Crippen molar-refractivity contribution in [2.75, 3.05) is 34.4 Å². The van der Waals surface area contributed by atoms with E-state index in [0.717, 1.165) is 11.1 Å². The van der Waals surface area contributed by atoms with Crippen LogP contribution in [0, 0.1) is 52.3 Å². The monoisotopic (exact) mass is 989 g/mol. The zero-order valence-corrected chi connectivity index (χ0v) is 44.7. The number of allylic oxidation sites excluding steroid dienone is 8. The van der Waals surface area contributed by atoms with Crippen LogP contribution in [0.4, 0.5) is 0 Å². The van der Waals surface area contributed by atoms with E-state index < -0.39 is 67.6 Å². The SMILES string of the molecule is COCC(C(O)C(O)C(=O)NCCC(C)c1nc(/C=C/CC2OC3(CC(O)C2C)OC(C(C)CC(C)C(C)C(C)C(C)/C=C(C)/C(C)=C/C=C/C(C)=C/C#N)C(OP(=O)(O)O)C3(C)C)co1)N(C)C. The number of ether oxygens (including phenoxy) is 3. The number of carbonyl (C=O) groups is 1. The van der Waals surface area contributed by atoms with Gasteiger partial charge in [0.15, 0.2) is 17.8 Å². The Labute approximate surface area is 412 Å². The van der Waals surface area contributed by atoms with Gasteiger partial charge < -0.3 is 54.0 Å². The Morgan fingerprint density at radius 1 is 1.09 bits per heavy atom. The molecule has 0 aliphatic carbocycles. The average molecular weight is 989 g/mol. The number of carbonyl (C=O) groups excluding carboxylic acids is 1. The summed E-state index contributed by atoms with van der Waals surface area (Å²) in [6.07, 6.45) is 10.4. The fourth-order valence-electron chi connectivity index (χ4n) is 9.57. The molecular weight excluding hydrogens is 904 g/mol. The standard InChI is InChI=1S/C52H85N4O12P/c1-31(22-24-53)18-16-19-32(2)34(4)26-35(5)38(8)39(9)36(6)27-37(7)47-48(68-69(61,62)63)51(11,12)52(67-47)28-43(57)40(10)44(66-52)21-17-20-41-29-65-50(55-41)33(3)23-25-54-49(60)46(59)45(58)42(30-64-15)56(13)14/h16-20,22,26,29,33,35-40,42-48,57-59H,21,23,25,27-28,30H2,1-15H3,(H,54,60)(H2,61,62,63)/b18-16+,20-17+,31-22+,32-19+,34-26+. The molecule has 6 N–H and O–H groups in total. The van der Waals surface area contributed by atoms with E-state index in [2.05, 4.69) is 57.9 Å². The summed E-state index contributed by atoms with van der Waals surface area (Å²) in [6.45, 7) is 24.9. The van der Waals surface area contributed by atoms with Gasteiger partial charge in [0.2, 0.25) is 0 Å². The van der Waals surface area contributed by atoms with Crippen LogP contribution in [-0.4, -0.2) is 124 Å². The van der Waals surface area contributed by atoms with Crippen LogP contribution in [0.5, 0.6) is 0 Å². The number of aliphatic hydroxyl groups excluding tert-OH is 3. The van der Waals surface area contributed by atoms with E-state index in [1.807, 2.05) is 71.9 Å². The highest BCUT2D eigenvalue weighted by Crippen LogP contribution is 2.59. The third kappa shape index (κ3) is 16.4. The Balaban J connectivity index is 1.71. The van der Waals surface area contributed by atoms with Crippen molar-refractivity contribution in [3.8, 4) is 6.07 Å². The third-order valence-electron chi connectivity index (χ3n) is 15.1. The molecule has 2 fully saturated rings. The zero-order chi connectivity index (χ0) is 52.2. The van der Waals surface area contributed by atoms with E-state index in [-0.39, 0.29) is 55.1 Å². The molecule has 2 aliphatic rings. The van der Waals surface area contributed by atoms with Gasteiger partial charge in [-0.05, 0) is 101 Å². The first kappa shape index (κ1) is 60.0. The van der Waals surface area contributed by atoms with Crippen molar-refractivity contribution in [2.45, 2.75) is 163 Å². The molecule has 3 rings (SSSR count). The highest BCUT2D eigenvalue weighted by Gasteiger charge is 2.67. The lowest BCUT2D eigenvalue weighted by Gasteiger charge is -2.50. The van der Waals surface area contributed by atoms with Gasteiger partial charge in [0.1, 0.15) is 24.2 Å². The maximum Gasteiger partial charge on any atom is 0.469 e. The van der Waals surface area contributed by atoms with E-state index in [0.29, 0.717) is 36.8 Å².